The molecule has 0 bridgehead atoms. The highest BCUT2D eigenvalue weighted by Gasteiger charge is 2.42. The van der Waals surface area contributed by atoms with Crippen molar-refractivity contribution in [1.82, 2.24) is 10.6 Å². The second-order valence-corrected chi connectivity index (χ2v) is 10.8. The summed E-state index contributed by atoms with van der Waals surface area (Å²) < 4.78 is 17.4. The summed E-state index contributed by atoms with van der Waals surface area (Å²) in [5.74, 6) is -0.0934. The molecule has 0 spiro atoms. The van der Waals surface area contributed by atoms with Crippen LogP contribution >= 0.6 is 0 Å². The third-order valence-corrected chi connectivity index (χ3v) is 7.63. The Hall–Kier alpha value is -5.24. The second kappa shape index (κ2) is 13.4. The molecule has 0 unspecified atom stereocenters. The van der Waals surface area contributed by atoms with E-state index in [9.17, 15) is 14.7 Å². The summed E-state index contributed by atoms with van der Waals surface area (Å²) in [5.41, 5.74) is 6.22. The Morgan fingerprint density at radius 1 is 0.818 bits per heavy atom. The van der Waals surface area contributed by atoms with Gasteiger partial charge in [0.2, 0.25) is 11.8 Å². The van der Waals surface area contributed by atoms with Gasteiger partial charge in [-0.1, -0.05) is 65.7 Å². The van der Waals surface area contributed by atoms with Gasteiger partial charge in [-0.05, 0) is 66.4 Å². The molecule has 2 amide bonds. The zero-order chi connectivity index (χ0) is 31.2. The van der Waals surface area contributed by atoms with Gasteiger partial charge in [0, 0.05) is 24.7 Å². The van der Waals surface area contributed by atoms with Gasteiger partial charge in [-0.3, -0.25) is 9.59 Å². The summed E-state index contributed by atoms with van der Waals surface area (Å²) in [6.07, 6.45) is 2.43. The molecule has 0 fully saturated rings. The first kappa shape index (κ1) is 30.2. The number of carbonyl (C=O) groups is 2. The fourth-order valence-electron chi connectivity index (χ4n) is 5.15. The Balaban J connectivity index is 1.43. The molecule has 1 heterocycles. The number of methoxy groups -OCH3 is 2. The number of aryl methyl sites for hydroxylation is 2. The molecule has 1 aliphatic heterocycles. The van der Waals surface area contributed by atoms with Crippen molar-refractivity contribution in [2.24, 2.45) is 0 Å². The molecule has 0 radical (unpaired) electrons. The second-order valence-electron chi connectivity index (χ2n) is 10.8. The van der Waals surface area contributed by atoms with Crippen molar-refractivity contribution in [3.8, 4) is 23.0 Å². The maximum atomic E-state index is 13.9. The first-order chi connectivity index (χ1) is 21.2. The molecule has 0 aliphatic carbocycles. The highest BCUT2D eigenvalue weighted by atomic mass is 16.5. The number of aromatic hydroxyl groups is 1. The SMILES string of the molecule is COc1cc([C@H]2Oc3c(OC)cc(/C=C/C(=O)NCc4ccc(C)cc4)cc3[C@@H]2C(=O)NCc2ccc(C)cc2)ccc1O. The Morgan fingerprint density at radius 3 is 2.05 bits per heavy atom. The van der Waals surface area contributed by atoms with Gasteiger partial charge in [0.1, 0.15) is 12.0 Å². The van der Waals surface area contributed by atoms with Crippen molar-refractivity contribution in [2.45, 2.75) is 39.0 Å². The molecule has 3 N–H and O–H groups in total. The summed E-state index contributed by atoms with van der Waals surface area (Å²) >= 11 is 0. The minimum atomic E-state index is -0.748. The zero-order valence-corrected chi connectivity index (χ0v) is 25.2. The number of ether oxygens (including phenoxy) is 3. The van der Waals surface area contributed by atoms with E-state index in [1.54, 1.807) is 24.3 Å². The summed E-state index contributed by atoms with van der Waals surface area (Å²) in [6.45, 7) is 4.78. The molecule has 44 heavy (non-hydrogen) atoms. The largest absolute Gasteiger partial charge is 0.504 e. The molecule has 4 aromatic carbocycles. The number of nitrogens with one attached hydrogen (secondary N) is 2. The molecular weight excluding hydrogens is 556 g/mol. The normalized spacial score (nSPS) is 15.4. The maximum Gasteiger partial charge on any atom is 0.244 e. The standard InChI is InChI=1S/C36H36N2O6/c1-22-5-9-24(10-6-22)20-37-32(40)16-13-26-17-28-33(36(41)38-21-25-11-7-23(2)8-12-25)34(44-35(28)31(18-26)43-4)27-14-15-29(39)30(19-27)42-3/h5-19,33-34,39H,20-21H2,1-4H3,(H,37,40)(H,38,41)/b16-13+/t33-,34+/m0/s1. The predicted octanol–water partition coefficient (Wildman–Crippen LogP) is 5.89. The average Bonchev–Trinajstić information content (AvgIpc) is 3.42. The summed E-state index contributed by atoms with van der Waals surface area (Å²) in [7, 11) is 3.00. The third kappa shape index (κ3) is 6.86. The minimum Gasteiger partial charge on any atom is -0.504 e. The van der Waals surface area contributed by atoms with Gasteiger partial charge < -0.3 is 30.0 Å². The van der Waals surface area contributed by atoms with Crippen molar-refractivity contribution in [3.63, 3.8) is 0 Å². The van der Waals surface area contributed by atoms with Crippen LogP contribution in [-0.2, 0) is 22.7 Å². The summed E-state index contributed by atoms with van der Waals surface area (Å²) in [4.78, 5) is 26.5. The van der Waals surface area contributed by atoms with Crippen LogP contribution in [0.3, 0.4) is 0 Å². The van der Waals surface area contributed by atoms with E-state index in [1.165, 1.54) is 26.4 Å². The molecule has 5 rings (SSSR count). The van der Waals surface area contributed by atoms with E-state index in [0.717, 1.165) is 22.3 Å². The predicted molar refractivity (Wildman–Crippen MR) is 169 cm³/mol. The lowest BCUT2D eigenvalue weighted by Gasteiger charge is -2.20. The monoisotopic (exact) mass is 592 g/mol. The van der Waals surface area contributed by atoms with Crippen LogP contribution in [0.5, 0.6) is 23.0 Å². The number of fused-ring (bicyclic) bond motifs is 1. The van der Waals surface area contributed by atoms with Crippen molar-refractivity contribution < 1.29 is 28.9 Å². The fourth-order valence-corrected chi connectivity index (χ4v) is 5.15. The Kier molecular flexibility index (Phi) is 9.19. The number of hydrogen-bond donors (Lipinski definition) is 3. The quantitative estimate of drug-likeness (QED) is 0.198. The van der Waals surface area contributed by atoms with Gasteiger partial charge >= 0.3 is 0 Å². The number of hydrogen-bond acceptors (Lipinski definition) is 6. The zero-order valence-electron chi connectivity index (χ0n) is 25.2. The number of rotatable bonds is 10. The van der Waals surface area contributed by atoms with Crippen LogP contribution in [0.1, 0.15) is 51.0 Å². The average molecular weight is 593 g/mol. The van der Waals surface area contributed by atoms with Crippen LogP contribution < -0.4 is 24.8 Å². The molecular formula is C36H36N2O6. The number of carbonyl (C=O) groups excluding carboxylic acids is 2. The van der Waals surface area contributed by atoms with Crippen LogP contribution in [0.4, 0.5) is 0 Å². The molecule has 0 aromatic heterocycles. The number of phenolic OH excluding ortho intramolecular Hbond substituents is 1. The van der Waals surface area contributed by atoms with E-state index in [2.05, 4.69) is 10.6 Å². The van der Waals surface area contributed by atoms with E-state index in [-0.39, 0.29) is 23.3 Å². The summed E-state index contributed by atoms with van der Waals surface area (Å²) in [6, 6.07) is 24.4. The minimum absolute atomic E-state index is 0.0159. The van der Waals surface area contributed by atoms with E-state index >= 15 is 0 Å². The molecule has 226 valence electrons. The molecule has 1 aliphatic rings. The number of amides is 2. The highest BCUT2D eigenvalue weighted by Crippen LogP contribution is 2.52. The van der Waals surface area contributed by atoms with Crippen LogP contribution in [0, 0.1) is 13.8 Å². The highest BCUT2D eigenvalue weighted by molar-refractivity contribution is 5.92. The molecule has 0 saturated carbocycles. The molecule has 8 nitrogen and oxygen atoms in total. The Labute approximate surface area is 257 Å². The lowest BCUT2D eigenvalue weighted by Crippen LogP contribution is -2.31. The van der Waals surface area contributed by atoms with Crippen LogP contribution in [0.2, 0.25) is 0 Å². The van der Waals surface area contributed by atoms with Crippen LogP contribution in [-0.4, -0.2) is 31.1 Å². The van der Waals surface area contributed by atoms with Gasteiger partial charge in [0.25, 0.3) is 0 Å². The van der Waals surface area contributed by atoms with Crippen molar-refractivity contribution in [2.75, 3.05) is 14.2 Å². The van der Waals surface area contributed by atoms with Gasteiger partial charge in [0.05, 0.1) is 14.2 Å². The van der Waals surface area contributed by atoms with Crippen LogP contribution in [0.15, 0.2) is 84.9 Å². The topological polar surface area (TPSA) is 106 Å². The first-order valence-electron chi connectivity index (χ1n) is 14.4. The molecule has 4 aromatic rings. The number of phenols is 1. The van der Waals surface area contributed by atoms with Crippen molar-refractivity contribution in [1.29, 1.82) is 0 Å². The van der Waals surface area contributed by atoms with Gasteiger partial charge in [0.15, 0.2) is 23.0 Å². The van der Waals surface area contributed by atoms with Gasteiger partial charge in [-0.2, -0.15) is 0 Å². The van der Waals surface area contributed by atoms with Gasteiger partial charge in [-0.25, -0.2) is 0 Å². The summed E-state index contributed by atoms with van der Waals surface area (Å²) in [5, 5.41) is 16.1. The lowest BCUT2D eigenvalue weighted by molar-refractivity contribution is -0.124. The Morgan fingerprint density at radius 2 is 1.43 bits per heavy atom. The van der Waals surface area contributed by atoms with Crippen LogP contribution in [0.25, 0.3) is 6.08 Å². The molecule has 2 atom stereocenters. The smallest absolute Gasteiger partial charge is 0.244 e. The third-order valence-electron chi connectivity index (χ3n) is 7.63. The molecule has 0 saturated heterocycles. The lowest BCUT2D eigenvalue weighted by atomic mass is 9.89. The van der Waals surface area contributed by atoms with Crippen molar-refractivity contribution >= 4 is 17.9 Å². The van der Waals surface area contributed by atoms with E-state index in [0.29, 0.717) is 41.3 Å². The van der Waals surface area contributed by atoms with E-state index in [1.807, 2.05) is 68.4 Å². The molecule has 8 heteroatoms. The first-order valence-corrected chi connectivity index (χ1v) is 14.4. The van der Waals surface area contributed by atoms with E-state index < -0.39 is 12.0 Å². The van der Waals surface area contributed by atoms with Crippen molar-refractivity contribution in [3.05, 3.63) is 124 Å². The number of benzene rings is 4. The fraction of sp³-hybridized carbons (Fsp3) is 0.222. The van der Waals surface area contributed by atoms with E-state index in [4.69, 9.17) is 14.2 Å². The van der Waals surface area contributed by atoms with Gasteiger partial charge in [-0.15, -0.1) is 0 Å². The Bertz CT molecular complexity index is 1680. The maximum absolute atomic E-state index is 13.9.